The second-order valence-corrected chi connectivity index (χ2v) is 7.49. The maximum Gasteiger partial charge on any atom is 0.255 e. The molecule has 3 aromatic carbocycles. The van der Waals surface area contributed by atoms with Crippen LogP contribution >= 0.6 is 11.8 Å². The van der Waals surface area contributed by atoms with Crippen LogP contribution in [0.15, 0.2) is 90.3 Å². The molecule has 150 valence electrons. The third-order valence-corrected chi connectivity index (χ3v) is 5.29. The third kappa shape index (κ3) is 5.48. The molecule has 6 nitrogen and oxygen atoms in total. The molecular formula is C23H20N4O2S. The molecule has 0 aliphatic carbocycles. The molecule has 0 fully saturated rings. The lowest BCUT2D eigenvalue weighted by Gasteiger charge is -2.09. The number of benzene rings is 3. The summed E-state index contributed by atoms with van der Waals surface area (Å²) in [7, 11) is 0. The van der Waals surface area contributed by atoms with Crippen LogP contribution in [0.2, 0.25) is 0 Å². The average molecular weight is 417 g/mol. The second kappa shape index (κ2) is 9.76. The molecule has 0 radical (unpaired) electrons. The van der Waals surface area contributed by atoms with E-state index in [0.717, 1.165) is 33.5 Å². The summed E-state index contributed by atoms with van der Waals surface area (Å²) in [6.45, 7) is 0.508. The van der Waals surface area contributed by atoms with E-state index in [1.54, 1.807) is 11.8 Å². The Kier molecular flexibility index (Phi) is 6.41. The van der Waals surface area contributed by atoms with Gasteiger partial charge in [-0.3, -0.25) is 9.89 Å². The number of carbonyl (C=O) groups is 1. The van der Waals surface area contributed by atoms with E-state index in [1.807, 2.05) is 78.9 Å². The van der Waals surface area contributed by atoms with Crippen LogP contribution in [-0.2, 0) is 12.4 Å². The lowest BCUT2D eigenvalue weighted by molar-refractivity contribution is 0.102. The first-order valence-corrected chi connectivity index (χ1v) is 10.4. The summed E-state index contributed by atoms with van der Waals surface area (Å²) in [4.78, 5) is 16.6. The summed E-state index contributed by atoms with van der Waals surface area (Å²) in [5, 5.41) is 10.3. The topological polar surface area (TPSA) is 79.9 Å². The lowest BCUT2D eigenvalue weighted by Crippen LogP contribution is -2.11. The number of anilines is 1. The van der Waals surface area contributed by atoms with E-state index in [1.165, 1.54) is 6.33 Å². The molecule has 4 rings (SSSR count). The Balaban J connectivity index is 1.28. The zero-order chi connectivity index (χ0) is 20.6. The Bertz CT molecular complexity index is 1070. The van der Waals surface area contributed by atoms with E-state index in [2.05, 4.69) is 20.5 Å². The Hall–Kier alpha value is -3.58. The van der Waals surface area contributed by atoms with Gasteiger partial charge in [-0.05, 0) is 47.5 Å². The second-order valence-electron chi connectivity index (χ2n) is 6.53. The Morgan fingerprint density at radius 2 is 1.70 bits per heavy atom. The van der Waals surface area contributed by atoms with Crippen molar-refractivity contribution in [1.29, 1.82) is 0 Å². The minimum absolute atomic E-state index is 0.151. The number of nitrogens with zero attached hydrogens (tertiary/aromatic N) is 2. The number of aromatic amines is 1. The molecule has 0 aliphatic rings. The molecule has 2 N–H and O–H groups in total. The van der Waals surface area contributed by atoms with Gasteiger partial charge in [0.15, 0.2) is 5.16 Å². The summed E-state index contributed by atoms with van der Waals surface area (Å²) in [5.41, 5.74) is 3.54. The van der Waals surface area contributed by atoms with Gasteiger partial charge in [0.05, 0.1) is 0 Å². The van der Waals surface area contributed by atoms with Crippen LogP contribution in [0.1, 0.15) is 21.5 Å². The van der Waals surface area contributed by atoms with Crippen LogP contribution in [0.3, 0.4) is 0 Å². The molecule has 0 unspecified atom stereocenters. The predicted octanol–water partition coefficient (Wildman–Crippen LogP) is 4.93. The largest absolute Gasteiger partial charge is 0.489 e. The summed E-state index contributed by atoms with van der Waals surface area (Å²) in [6.07, 6.45) is 1.48. The van der Waals surface area contributed by atoms with Crippen molar-refractivity contribution in [3.63, 3.8) is 0 Å². The van der Waals surface area contributed by atoms with Crippen LogP contribution < -0.4 is 10.1 Å². The number of amides is 1. The first kappa shape index (κ1) is 19.7. The van der Waals surface area contributed by atoms with Gasteiger partial charge >= 0.3 is 0 Å². The molecule has 0 atom stereocenters. The van der Waals surface area contributed by atoms with E-state index in [4.69, 9.17) is 4.74 Å². The SMILES string of the molecule is O=C(Nc1ccc(OCc2ccccc2)cc1)c1ccc(CSc2ncn[nH]2)cc1. The number of hydrogen-bond acceptors (Lipinski definition) is 5. The minimum atomic E-state index is -0.151. The Morgan fingerprint density at radius 3 is 2.40 bits per heavy atom. The smallest absolute Gasteiger partial charge is 0.255 e. The van der Waals surface area contributed by atoms with Gasteiger partial charge in [-0.2, -0.15) is 5.10 Å². The van der Waals surface area contributed by atoms with Gasteiger partial charge < -0.3 is 10.1 Å². The fourth-order valence-corrected chi connectivity index (χ4v) is 3.48. The summed E-state index contributed by atoms with van der Waals surface area (Å²) >= 11 is 1.56. The van der Waals surface area contributed by atoms with Crippen LogP contribution in [0.5, 0.6) is 5.75 Å². The van der Waals surface area contributed by atoms with Crippen molar-refractivity contribution in [3.05, 3.63) is 102 Å². The zero-order valence-electron chi connectivity index (χ0n) is 16.1. The number of ether oxygens (including phenoxy) is 1. The van der Waals surface area contributed by atoms with Crippen molar-refractivity contribution >= 4 is 23.4 Å². The van der Waals surface area contributed by atoms with E-state index in [-0.39, 0.29) is 5.91 Å². The normalized spacial score (nSPS) is 10.5. The van der Waals surface area contributed by atoms with Crippen LogP contribution in [0.25, 0.3) is 0 Å². The molecule has 0 bridgehead atoms. The zero-order valence-corrected chi connectivity index (χ0v) is 16.9. The molecule has 30 heavy (non-hydrogen) atoms. The standard InChI is InChI=1S/C23H20N4O2S/c28-22(19-8-6-18(7-9-19)15-30-23-24-16-25-27-23)26-20-10-12-21(13-11-20)29-14-17-4-2-1-3-5-17/h1-13,16H,14-15H2,(H,26,28)(H,24,25,27). The van der Waals surface area contributed by atoms with Gasteiger partial charge in [0.2, 0.25) is 0 Å². The van der Waals surface area contributed by atoms with E-state index < -0.39 is 0 Å². The number of H-pyrrole nitrogens is 1. The number of thioether (sulfide) groups is 1. The molecule has 1 heterocycles. The molecular weight excluding hydrogens is 396 g/mol. The molecule has 0 saturated carbocycles. The van der Waals surface area contributed by atoms with Gasteiger partial charge in [-0.1, -0.05) is 54.2 Å². The molecule has 0 saturated heterocycles. The van der Waals surface area contributed by atoms with Crippen molar-refractivity contribution in [3.8, 4) is 5.75 Å². The fourth-order valence-electron chi connectivity index (χ4n) is 2.75. The van der Waals surface area contributed by atoms with Gasteiger partial charge in [0, 0.05) is 17.0 Å². The molecule has 1 amide bonds. The van der Waals surface area contributed by atoms with E-state index >= 15 is 0 Å². The molecule has 0 spiro atoms. The van der Waals surface area contributed by atoms with Gasteiger partial charge in [-0.15, -0.1) is 0 Å². The number of aromatic nitrogens is 3. The average Bonchev–Trinajstić information content (AvgIpc) is 3.32. The van der Waals surface area contributed by atoms with Crippen LogP contribution in [0, 0.1) is 0 Å². The van der Waals surface area contributed by atoms with E-state index in [9.17, 15) is 4.79 Å². The maximum absolute atomic E-state index is 12.5. The van der Waals surface area contributed by atoms with Gasteiger partial charge in [0.1, 0.15) is 18.7 Å². The number of nitrogens with one attached hydrogen (secondary N) is 2. The minimum Gasteiger partial charge on any atom is -0.489 e. The summed E-state index contributed by atoms with van der Waals surface area (Å²) < 4.78 is 5.77. The van der Waals surface area contributed by atoms with Crippen molar-refractivity contribution in [1.82, 2.24) is 15.2 Å². The highest BCUT2D eigenvalue weighted by Gasteiger charge is 2.07. The highest BCUT2D eigenvalue weighted by atomic mass is 32.2. The highest BCUT2D eigenvalue weighted by Crippen LogP contribution is 2.20. The van der Waals surface area contributed by atoms with Crippen molar-refractivity contribution in [2.75, 3.05) is 5.32 Å². The Labute approximate surface area is 178 Å². The number of rotatable bonds is 8. The molecule has 4 aromatic rings. The molecule has 0 aliphatic heterocycles. The lowest BCUT2D eigenvalue weighted by atomic mass is 10.1. The molecule has 1 aromatic heterocycles. The maximum atomic E-state index is 12.5. The van der Waals surface area contributed by atoms with Crippen LogP contribution in [-0.4, -0.2) is 21.1 Å². The Morgan fingerprint density at radius 1 is 0.933 bits per heavy atom. The quantitative estimate of drug-likeness (QED) is 0.398. The van der Waals surface area contributed by atoms with Gasteiger partial charge in [-0.25, -0.2) is 4.98 Å². The van der Waals surface area contributed by atoms with Crippen molar-refractivity contribution in [2.24, 2.45) is 0 Å². The predicted molar refractivity (Wildman–Crippen MR) is 118 cm³/mol. The summed E-state index contributed by atoms with van der Waals surface area (Å²) in [5.74, 6) is 1.36. The third-order valence-electron chi connectivity index (χ3n) is 4.35. The molecule has 7 heteroatoms. The van der Waals surface area contributed by atoms with E-state index in [0.29, 0.717) is 12.2 Å². The summed E-state index contributed by atoms with van der Waals surface area (Å²) in [6, 6.07) is 24.9. The van der Waals surface area contributed by atoms with Crippen molar-refractivity contribution < 1.29 is 9.53 Å². The van der Waals surface area contributed by atoms with Gasteiger partial charge in [0.25, 0.3) is 5.91 Å². The first-order valence-electron chi connectivity index (χ1n) is 9.41. The number of carbonyl (C=O) groups excluding carboxylic acids is 1. The fraction of sp³-hybridized carbons (Fsp3) is 0.0870. The van der Waals surface area contributed by atoms with Crippen molar-refractivity contribution in [2.45, 2.75) is 17.5 Å². The number of hydrogen-bond donors (Lipinski definition) is 2. The highest BCUT2D eigenvalue weighted by molar-refractivity contribution is 7.98. The first-order chi connectivity index (χ1) is 14.8. The monoisotopic (exact) mass is 416 g/mol. The van der Waals surface area contributed by atoms with Crippen LogP contribution in [0.4, 0.5) is 5.69 Å².